The number of nitrogens with two attached hydrogens (primary N) is 1. The van der Waals surface area contributed by atoms with Crippen LogP contribution < -0.4 is 5.73 Å². The standard InChI is InChI=1S/C13H18N2O2.ClH/c1-9-6-7-11(8-12(9)15(16)17)13(14)10-4-2-3-5-10;/h6-8,10,13H,2-5,14H2,1H3;1H/t13-;/m1./s1. The van der Waals surface area contributed by atoms with Gasteiger partial charge < -0.3 is 5.73 Å². The average molecular weight is 271 g/mol. The summed E-state index contributed by atoms with van der Waals surface area (Å²) in [6.07, 6.45) is 4.74. The third-order valence-corrected chi connectivity index (χ3v) is 3.72. The molecular formula is C13H19ClN2O2. The van der Waals surface area contributed by atoms with Crippen molar-refractivity contribution in [3.8, 4) is 0 Å². The first-order valence-corrected chi connectivity index (χ1v) is 6.10. The van der Waals surface area contributed by atoms with Crippen molar-refractivity contribution < 1.29 is 4.92 Å². The molecule has 0 radical (unpaired) electrons. The van der Waals surface area contributed by atoms with Crippen LogP contribution in [0.2, 0.25) is 0 Å². The van der Waals surface area contributed by atoms with Crippen molar-refractivity contribution in [3.05, 3.63) is 39.4 Å². The van der Waals surface area contributed by atoms with E-state index in [-0.39, 0.29) is 29.1 Å². The van der Waals surface area contributed by atoms with Crippen LogP contribution in [0.5, 0.6) is 0 Å². The first-order chi connectivity index (χ1) is 8.09. The van der Waals surface area contributed by atoms with Crippen LogP contribution in [-0.4, -0.2) is 4.92 Å². The topological polar surface area (TPSA) is 69.2 Å². The molecule has 1 aromatic carbocycles. The molecular weight excluding hydrogens is 252 g/mol. The molecule has 0 spiro atoms. The van der Waals surface area contributed by atoms with E-state index in [0.717, 1.165) is 18.4 Å². The number of nitrogens with zero attached hydrogens (tertiary/aromatic N) is 1. The molecule has 0 aromatic heterocycles. The highest BCUT2D eigenvalue weighted by Crippen LogP contribution is 2.35. The second-order valence-corrected chi connectivity index (χ2v) is 4.87. The van der Waals surface area contributed by atoms with Gasteiger partial charge in [0.05, 0.1) is 4.92 Å². The van der Waals surface area contributed by atoms with E-state index < -0.39 is 0 Å². The summed E-state index contributed by atoms with van der Waals surface area (Å²) >= 11 is 0. The molecule has 1 saturated carbocycles. The Bertz CT molecular complexity index is 431. The van der Waals surface area contributed by atoms with Gasteiger partial charge in [-0.15, -0.1) is 12.4 Å². The summed E-state index contributed by atoms with van der Waals surface area (Å²) in [5, 5.41) is 10.9. The predicted octanol–water partition coefficient (Wildman–Crippen LogP) is 3.52. The second-order valence-electron chi connectivity index (χ2n) is 4.87. The Morgan fingerprint density at radius 1 is 1.39 bits per heavy atom. The highest BCUT2D eigenvalue weighted by molar-refractivity contribution is 5.85. The number of benzene rings is 1. The van der Waals surface area contributed by atoms with Crippen molar-refractivity contribution in [2.75, 3.05) is 0 Å². The highest BCUT2D eigenvalue weighted by Gasteiger charge is 2.24. The molecule has 0 heterocycles. The van der Waals surface area contributed by atoms with Gasteiger partial charge in [0.1, 0.15) is 0 Å². The van der Waals surface area contributed by atoms with Crippen LogP contribution in [0.4, 0.5) is 5.69 Å². The second kappa shape index (κ2) is 6.16. The minimum Gasteiger partial charge on any atom is -0.324 e. The third kappa shape index (κ3) is 3.00. The number of nitro groups is 1. The van der Waals surface area contributed by atoms with E-state index in [9.17, 15) is 10.1 Å². The number of aryl methyl sites for hydroxylation is 1. The van der Waals surface area contributed by atoms with Crippen molar-refractivity contribution in [2.45, 2.75) is 38.6 Å². The molecule has 100 valence electrons. The summed E-state index contributed by atoms with van der Waals surface area (Å²) in [6.45, 7) is 1.75. The smallest absolute Gasteiger partial charge is 0.272 e. The van der Waals surface area contributed by atoms with E-state index in [1.807, 2.05) is 6.07 Å². The highest BCUT2D eigenvalue weighted by atomic mass is 35.5. The van der Waals surface area contributed by atoms with Gasteiger partial charge >= 0.3 is 0 Å². The maximum absolute atomic E-state index is 10.9. The van der Waals surface area contributed by atoms with Crippen LogP contribution in [0.1, 0.15) is 42.9 Å². The van der Waals surface area contributed by atoms with Crippen molar-refractivity contribution in [1.29, 1.82) is 0 Å². The van der Waals surface area contributed by atoms with E-state index in [2.05, 4.69) is 0 Å². The SMILES string of the molecule is Cc1ccc([C@H](N)C2CCCC2)cc1[N+](=O)[O-].Cl. The Balaban J connectivity index is 0.00000162. The fraction of sp³-hybridized carbons (Fsp3) is 0.538. The van der Waals surface area contributed by atoms with Crippen LogP contribution in [-0.2, 0) is 0 Å². The van der Waals surface area contributed by atoms with Gasteiger partial charge in [-0.3, -0.25) is 10.1 Å². The van der Waals surface area contributed by atoms with Gasteiger partial charge in [-0.2, -0.15) is 0 Å². The third-order valence-electron chi connectivity index (χ3n) is 3.72. The number of rotatable bonds is 3. The lowest BCUT2D eigenvalue weighted by Gasteiger charge is -2.19. The molecule has 1 fully saturated rings. The van der Waals surface area contributed by atoms with Crippen LogP contribution in [0, 0.1) is 23.0 Å². The maximum atomic E-state index is 10.9. The summed E-state index contributed by atoms with van der Waals surface area (Å²) in [4.78, 5) is 10.5. The summed E-state index contributed by atoms with van der Waals surface area (Å²) in [5.74, 6) is 0.484. The van der Waals surface area contributed by atoms with Crippen molar-refractivity contribution in [3.63, 3.8) is 0 Å². The maximum Gasteiger partial charge on any atom is 0.272 e. The summed E-state index contributed by atoms with van der Waals surface area (Å²) in [6, 6.07) is 5.29. The summed E-state index contributed by atoms with van der Waals surface area (Å²) in [7, 11) is 0. The molecule has 2 rings (SSSR count). The number of hydrogen-bond donors (Lipinski definition) is 1. The molecule has 1 aromatic rings. The Kier molecular flexibility index (Phi) is 5.11. The normalized spacial score (nSPS) is 17.2. The Morgan fingerprint density at radius 2 is 2.00 bits per heavy atom. The van der Waals surface area contributed by atoms with Crippen LogP contribution in [0.3, 0.4) is 0 Å². The molecule has 1 atom stereocenters. The van der Waals surface area contributed by atoms with Crippen molar-refractivity contribution >= 4 is 18.1 Å². The zero-order valence-electron chi connectivity index (χ0n) is 10.5. The molecule has 0 amide bonds. The van der Waals surface area contributed by atoms with Gasteiger partial charge in [-0.1, -0.05) is 25.0 Å². The van der Waals surface area contributed by atoms with Crippen molar-refractivity contribution in [1.82, 2.24) is 0 Å². The van der Waals surface area contributed by atoms with E-state index >= 15 is 0 Å². The summed E-state index contributed by atoms with van der Waals surface area (Å²) in [5.41, 5.74) is 7.96. The van der Waals surface area contributed by atoms with Gasteiger partial charge in [0.25, 0.3) is 5.69 Å². The first kappa shape index (κ1) is 14.9. The average Bonchev–Trinajstić information content (AvgIpc) is 2.81. The van der Waals surface area contributed by atoms with Gasteiger partial charge in [0.15, 0.2) is 0 Å². The summed E-state index contributed by atoms with van der Waals surface area (Å²) < 4.78 is 0. The predicted molar refractivity (Wildman–Crippen MR) is 74.0 cm³/mol. The van der Waals surface area contributed by atoms with Gasteiger partial charge in [-0.25, -0.2) is 0 Å². The fourth-order valence-corrected chi connectivity index (χ4v) is 2.62. The van der Waals surface area contributed by atoms with Crippen molar-refractivity contribution in [2.24, 2.45) is 11.7 Å². The minimum absolute atomic E-state index is 0. The lowest BCUT2D eigenvalue weighted by molar-refractivity contribution is -0.385. The molecule has 0 unspecified atom stereocenters. The monoisotopic (exact) mass is 270 g/mol. The van der Waals surface area contributed by atoms with E-state index in [4.69, 9.17) is 5.73 Å². The van der Waals surface area contributed by atoms with Gasteiger partial charge in [0, 0.05) is 17.7 Å². The molecule has 0 bridgehead atoms. The number of hydrogen-bond acceptors (Lipinski definition) is 3. The molecule has 4 nitrogen and oxygen atoms in total. The molecule has 2 N–H and O–H groups in total. The molecule has 5 heteroatoms. The number of nitro benzene ring substituents is 1. The lowest BCUT2D eigenvalue weighted by atomic mass is 9.91. The molecule has 0 aliphatic heterocycles. The molecule has 0 saturated heterocycles. The van der Waals surface area contributed by atoms with E-state index in [1.165, 1.54) is 12.8 Å². The van der Waals surface area contributed by atoms with Crippen LogP contribution in [0.25, 0.3) is 0 Å². The largest absolute Gasteiger partial charge is 0.324 e. The quantitative estimate of drug-likeness (QED) is 0.675. The van der Waals surface area contributed by atoms with Crippen LogP contribution >= 0.6 is 12.4 Å². The Labute approximate surface area is 113 Å². The van der Waals surface area contributed by atoms with E-state index in [0.29, 0.717) is 11.5 Å². The Morgan fingerprint density at radius 3 is 2.56 bits per heavy atom. The lowest BCUT2D eigenvalue weighted by Crippen LogP contribution is -2.19. The van der Waals surface area contributed by atoms with E-state index in [1.54, 1.807) is 19.1 Å². The van der Waals surface area contributed by atoms with Gasteiger partial charge in [-0.05, 0) is 31.2 Å². The molecule has 1 aliphatic carbocycles. The molecule has 1 aliphatic rings. The first-order valence-electron chi connectivity index (χ1n) is 6.10. The number of halogens is 1. The fourth-order valence-electron chi connectivity index (χ4n) is 2.62. The van der Waals surface area contributed by atoms with Gasteiger partial charge in [0.2, 0.25) is 0 Å². The zero-order valence-corrected chi connectivity index (χ0v) is 11.3. The minimum atomic E-state index is -0.333. The zero-order chi connectivity index (χ0) is 12.4. The van der Waals surface area contributed by atoms with Crippen LogP contribution in [0.15, 0.2) is 18.2 Å². The Hall–Kier alpha value is -1.13. The molecule has 18 heavy (non-hydrogen) atoms.